The van der Waals surface area contributed by atoms with Gasteiger partial charge in [0.25, 0.3) is 0 Å². The van der Waals surface area contributed by atoms with Gasteiger partial charge in [-0.3, -0.25) is 0 Å². The predicted molar refractivity (Wildman–Crippen MR) is 98.4 cm³/mol. The normalized spacial score (nSPS) is 23.1. The van der Waals surface area contributed by atoms with E-state index < -0.39 is 5.41 Å². The number of nitrogens with zero attached hydrogens (tertiary/aromatic N) is 3. The van der Waals surface area contributed by atoms with Crippen LogP contribution in [0.5, 0.6) is 0 Å². The monoisotopic (exact) mass is 340 g/mol. The second-order valence-corrected chi connectivity index (χ2v) is 6.56. The number of ether oxygens (including phenoxy) is 1. The van der Waals surface area contributed by atoms with E-state index in [9.17, 15) is 5.26 Å². The molecule has 1 aromatic heterocycles. The fourth-order valence-electron chi connectivity index (χ4n) is 3.41. The van der Waals surface area contributed by atoms with E-state index in [1.54, 1.807) is 0 Å². The lowest BCUT2D eigenvalue weighted by atomic mass is 9.79. The first kappa shape index (κ1) is 17.4. The van der Waals surface area contributed by atoms with E-state index in [4.69, 9.17) is 15.1 Å². The van der Waals surface area contributed by atoms with Gasteiger partial charge in [-0.15, -0.1) is 0 Å². The molecule has 132 valence electrons. The number of rotatable bonds is 5. The molecule has 2 saturated heterocycles. The quantitative estimate of drug-likeness (QED) is 0.705. The summed E-state index contributed by atoms with van der Waals surface area (Å²) in [6, 6.07) is 4.47. The van der Waals surface area contributed by atoms with Gasteiger partial charge in [-0.1, -0.05) is 6.58 Å². The molecule has 7 heteroatoms. The summed E-state index contributed by atoms with van der Waals surface area (Å²) in [6.45, 7) is 9.99. The number of hydrogen-bond donors (Lipinski definition) is 3. The summed E-state index contributed by atoms with van der Waals surface area (Å²) in [5.74, 6) is 1.40. The Hall–Kier alpha value is -2.43. The molecule has 2 aliphatic heterocycles. The third-order valence-corrected chi connectivity index (χ3v) is 4.74. The van der Waals surface area contributed by atoms with Crippen LogP contribution in [0.15, 0.2) is 18.3 Å². The third-order valence-electron chi connectivity index (χ3n) is 4.74. The minimum Gasteiger partial charge on any atom is -0.378 e. The predicted octanol–water partition coefficient (Wildman–Crippen LogP) is 1.62. The third kappa shape index (κ3) is 3.36. The standard InChI is InChI=1S/C18H24N6O/c1-13(2)22-17-14(10-19)15(18(11-20)3-4-21-12-18)9-16(23-17)24-5-7-25-8-6-24/h9-10,19,21H,1,3-8,12H2,2H3,(H,22,23). The largest absolute Gasteiger partial charge is 0.378 e. The summed E-state index contributed by atoms with van der Waals surface area (Å²) < 4.78 is 5.43. The number of anilines is 2. The Labute approximate surface area is 148 Å². The van der Waals surface area contributed by atoms with Gasteiger partial charge in [0.05, 0.1) is 24.7 Å². The van der Waals surface area contributed by atoms with Crippen LogP contribution in [-0.4, -0.2) is 50.6 Å². The number of hydrogen-bond acceptors (Lipinski definition) is 7. The van der Waals surface area contributed by atoms with Crippen LogP contribution in [0.3, 0.4) is 0 Å². The number of morpholine rings is 1. The molecule has 7 nitrogen and oxygen atoms in total. The molecule has 0 spiro atoms. The van der Waals surface area contributed by atoms with E-state index in [1.165, 1.54) is 6.21 Å². The SMILES string of the molecule is C=C(C)Nc1nc(N2CCOCC2)cc(C2(C#N)CCNC2)c1C=N. The first-order chi connectivity index (χ1) is 12.1. The van der Waals surface area contributed by atoms with Gasteiger partial charge in [0.15, 0.2) is 0 Å². The maximum Gasteiger partial charge on any atom is 0.141 e. The number of allylic oxidation sites excluding steroid dienone is 1. The van der Waals surface area contributed by atoms with Gasteiger partial charge in [0.1, 0.15) is 11.6 Å². The Kier molecular flexibility index (Phi) is 5.02. The van der Waals surface area contributed by atoms with Crippen LogP contribution in [-0.2, 0) is 10.2 Å². The zero-order valence-electron chi connectivity index (χ0n) is 14.6. The lowest BCUT2D eigenvalue weighted by Gasteiger charge is -2.31. The molecule has 3 heterocycles. The zero-order valence-corrected chi connectivity index (χ0v) is 14.6. The molecule has 1 atom stereocenters. The average Bonchev–Trinajstić information content (AvgIpc) is 3.11. The van der Waals surface area contributed by atoms with Gasteiger partial charge in [-0.05, 0) is 31.5 Å². The number of nitriles is 1. The van der Waals surface area contributed by atoms with Crippen LogP contribution in [0, 0.1) is 16.7 Å². The molecule has 0 radical (unpaired) electrons. The van der Waals surface area contributed by atoms with Crippen molar-refractivity contribution in [3.63, 3.8) is 0 Å². The van der Waals surface area contributed by atoms with Gasteiger partial charge in [0.2, 0.25) is 0 Å². The molecule has 0 aromatic carbocycles. The fourth-order valence-corrected chi connectivity index (χ4v) is 3.41. The van der Waals surface area contributed by atoms with Crippen LogP contribution in [0.4, 0.5) is 11.6 Å². The fraction of sp³-hybridized carbons (Fsp3) is 0.500. The summed E-state index contributed by atoms with van der Waals surface area (Å²) >= 11 is 0. The molecule has 2 fully saturated rings. The Morgan fingerprint density at radius 1 is 1.56 bits per heavy atom. The van der Waals surface area contributed by atoms with Crippen molar-refractivity contribution in [2.24, 2.45) is 0 Å². The van der Waals surface area contributed by atoms with Crippen molar-refractivity contribution in [2.45, 2.75) is 18.8 Å². The van der Waals surface area contributed by atoms with Crippen LogP contribution < -0.4 is 15.5 Å². The lowest BCUT2D eigenvalue weighted by molar-refractivity contribution is 0.122. The zero-order chi connectivity index (χ0) is 17.9. The molecule has 1 aromatic rings. The molecule has 0 aliphatic carbocycles. The average molecular weight is 340 g/mol. The lowest BCUT2D eigenvalue weighted by Crippen LogP contribution is -2.37. The highest BCUT2D eigenvalue weighted by atomic mass is 16.5. The highest BCUT2D eigenvalue weighted by molar-refractivity contribution is 5.89. The van der Waals surface area contributed by atoms with E-state index in [1.807, 2.05) is 13.0 Å². The molecule has 1 unspecified atom stereocenters. The minimum absolute atomic E-state index is 0.586. The Morgan fingerprint density at radius 3 is 2.88 bits per heavy atom. The molecular formula is C18H24N6O. The van der Waals surface area contributed by atoms with Gasteiger partial charge < -0.3 is 25.7 Å². The number of nitrogens with one attached hydrogen (secondary N) is 3. The highest BCUT2D eigenvalue weighted by Crippen LogP contribution is 2.36. The van der Waals surface area contributed by atoms with E-state index in [2.05, 4.69) is 28.2 Å². The minimum atomic E-state index is -0.637. The van der Waals surface area contributed by atoms with Gasteiger partial charge in [-0.2, -0.15) is 5.26 Å². The number of aromatic nitrogens is 1. The molecule has 3 N–H and O–H groups in total. The molecule has 0 amide bonds. The van der Waals surface area contributed by atoms with Crippen molar-refractivity contribution in [3.05, 3.63) is 29.5 Å². The maximum atomic E-state index is 9.91. The van der Waals surface area contributed by atoms with Crippen LogP contribution >= 0.6 is 0 Å². The van der Waals surface area contributed by atoms with Crippen molar-refractivity contribution < 1.29 is 4.74 Å². The van der Waals surface area contributed by atoms with Crippen molar-refractivity contribution >= 4 is 17.9 Å². The Morgan fingerprint density at radius 2 is 2.32 bits per heavy atom. The van der Waals surface area contributed by atoms with E-state index >= 15 is 0 Å². The van der Waals surface area contributed by atoms with E-state index in [0.717, 1.165) is 43.1 Å². The first-order valence-electron chi connectivity index (χ1n) is 8.53. The van der Waals surface area contributed by atoms with Crippen LogP contribution in [0.2, 0.25) is 0 Å². The van der Waals surface area contributed by atoms with Crippen molar-refractivity contribution in [1.29, 1.82) is 10.7 Å². The summed E-state index contributed by atoms with van der Waals surface area (Å²) in [5, 5.41) is 24.3. The smallest absolute Gasteiger partial charge is 0.141 e. The first-order valence-corrected chi connectivity index (χ1v) is 8.53. The Bertz CT molecular complexity index is 711. The number of pyridine rings is 1. The molecular weight excluding hydrogens is 316 g/mol. The van der Waals surface area contributed by atoms with Crippen molar-refractivity contribution in [2.75, 3.05) is 49.6 Å². The second kappa shape index (κ2) is 7.21. The molecule has 2 aliphatic rings. The van der Waals surface area contributed by atoms with E-state index in [0.29, 0.717) is 31.1 Å². The summed E-state index contributed by atoms with van der Waals surface area (Å²) in [7, 11) is 0. The molecule has 0 bridgehead atoms. The second-order valence-electron chi connectivity index (χ2n) is 6.56. The molecule has 3 rings (SSSR count). The Balaban J connectivity index is 2.15. The molecule has 25 heavy (non-hydrogen) atoms. The van der Waals surface area contributed by atoms with Crippen molar-refractivity contribution in [1.82, 2.24) is 10.3 Å². The van der Waals surface area contributed by atoms with Crippen LogP contribution in [0.1, 0.15) is 24.5 Å². The molecule has 0 saturated carbocycles. The summed E-state index contributed by atoms with van der Waals surface area (Å²) in [6.07, 6.45) is 2.01. The van der Waals surface area contributed by atoms with E-state index in [-0.39, 0.29) is 0 Å². The summed E-state index contributed by atoms with van der Waals surface area (Å²) in [4.78, 5) is 6.89. The van der Waals surface area contributed by atoms with Gasteiger partial charge >= 0.3 is 0 Å². The topological polar surface area (TPSA) is 97.1 Å². The maximum absolute atomic E-state index is 9.91. The van der Waals surface area contributed by atoms with Gasteiger partial charge in [-0.25, -0.2) is 4.98 Å². The summed E-state index contributed by atoms with van der Waals surface area (Å²) in [5.41, 5.74) is 1.62. The van der Waals surface area contributed by atoms with Crippen LogP contribution in [0.25, 0.3) is 0 Å². The van der Waals surface area contributed by atoms with Gasteiger partial charge in [0, 0.05) is 37.1 Å². The highest BCUT2D eigenvalue weighted by Gasteiger charge is 2.39. The van der Waals surface area contributed by atoms with Crippen molar-refractivity contribution in [3.8, 4) is 6.07 Å².